The van der Waals surface area contributed by atoms with Crippen LogP contribution in [-0.4, -0.2) is 76.7 Å². The molecule has 9 heteroatoms. The van der Waals surface area contributed by atoms with Gasteiger partial charge in [0.05, 0.1) is 6.61 Å². The number of nitrogens with zero attached hydrogens (tertiary/aromatic N) is 2. The van der Waals surface area contributed by atoms with Gasteiger partial charge in [-0.15, -0.1) is 0 Å². The minimum absolute atomic E-state index is 0.0105. The van der Waals surface area contributed by atoms with Crippen LogP contribution in [0.3, 0.4) is 0 Å². The summed E-state index contributed by atoms with van der Waals surface area (Å²) in [5, 5.41) is 21.5. The van der Waals surface area contributed by atoms with Crippen molar-refractivity contribution in [2.24, 2.45) is 5.92 Å². The van der Waals surface area contributed by atoms with Crippen LogP contribution in [0.2, 0.25) is 0 Å². The van der Waals surface area contributed by atoms with Crippen molar-refractivity contribution in [2.75, 3.05) is 26.2 Å². The van der Waals surface area contributed by atoms with Gasteiger partial charge in [-0.3, -0.25) is 24.3 Å². The summed E-state index contributed by atoms with van der Waals surface area (Å²) in [5.74, 6) is 0.578. The van der Waals surface area contributed by atoms with Gasteiger partial charge in [-0.25, -0.2) is 0 Å². The molecule has 2 aliphatic rings. The molecule has 30 heavy (non-hydrogen) atoms. The van der Waals surface area contributed by atoms with Gasteiger partial charge in [0.15, 0.2) is 0 Å². The summed E-state index contributed by atoms with van der Waals surface area (Å²) in [4.78, 5) is 39.5. The first kappa shape index (κ1) is 23.8. The molecule has 0 radical (unpaired) electrons. The Morgan fingerprint density at radius 2 is 1.93 bits per heavy atom. The molecule has 0 spiro atoms. The number of carboxylic acid groups (broad SMARTS) is 1. The third kappa shape index (κ3) is 7.38. The Bertz CT molecular complexity index is 710. The van der Waals surface area contributed by atoms with E-state index in [-0.39, 0.29) is 37.0 Å². The standard InChI is InChI=1S/C20H30N4O3.CH2O2/c1-14-3-2-8-22-19(14)20(27)23-12-17-7-6-16(11-18(26)21-9-10-25)24(17)13-15-4-5-15;2-1-3/h2-3,8,15-17,25H,4-7,9-13H2,1H3,(H,21,26)(H,23,27);1H,(H,2,3)/t16-,17+;/m1./s1. The van der Waals surface area contributed by atoms with Crippen LogP contribution < -0.4 is 10.6 Å². The molecule has 1 saturated heterocycles. The van der Waals surface area contributed by atoms with Gasteiger partial charge in [0.1, 0.15) is 5.69 Å². The van der Waals surface area contributed by atoms with E-state index >= 15 is 0 Å². The molecule has 2 amide bonds. The molecule has 0 aromatic carbocycles. The van der Waals surface area contributed by atoms with Crippen LogP contribution in [0.5, 0.6) is 0 Å². The third-order valence-corrected chi connectivity index (χ3v) is 5.51. The molecular weight excluding hydrogens is 388 g/mol. The molecule has 9 nitrogen and oxygen atoms in total. The number of nitrogens with one attached hydrogen (secondary N) is 2. The first-order valence-corrected chi connectivity index (χ1v) is 10.4. The van der Waals surface area contributed by atoms with Crippen LogP contribution in [0.1, 0.15) is 48.2 Å². The van der Waals surface area contributed by atoms with Gasteiger partial charge in [-0.05, 0) is 50.2 Å². The van der Waals surface area contributed by atoms with Gasteiger partial charge in [-0.1, -0.05) is 6.07 Å². The molecule has 2 heterocycles. The number of hydrogen-bond donors (Lipinski definition) is 4. The zero-order valence-electron chi connectivity index (χ0n) is 17.4. The lowest BCUT2D eigenvalue weighted by Crippen LogP contribution is -2.45. The van der Waals surface area contributed by atoms with Gasteiger partial charge < -0.3 is 20.8 Å². The Morgan fingerprint density at radius 3 is 2.57 bits per heavy atom. The van der Waals surface area contributed by atoms with Gasteiger partial charge in [0.2, 0.25) is 5.91 Å². The number of carbonyl (C=O) groups excluding carboxylic acids is 2. The number of aliphatic hydroxyl groups excluding tert-OH is 1. The van der Waals surface area contributed by atoms with E-state index in [0.717, 1.165) is 30.9 Å². The quantitative estimate of drug-likeness (QED) is 0.429. The van der Waals surface area contributed by atoms with Crippen LogP contribution in [0, 0.1) is 12.8 Å². The molecule has 166 valence electrons. The summed E-state index contributed by atoms with van der Waals surface area (Å²) in [6.07, 6.45) is 6.54. The van der Waals surface area contributed by atoms with E-state index in [0.29, 0.717) is 25.2 Å². The topological polar surface area (TPSA) is 132 Å². The van der Waals surface area contributed by atoms with Crippen molar-refractivity contribution in [1.82, 2.24) is 20.5 Å². The van der Waals surface area contributed by atoms with Crippen molar-refractivity contribution in [2.45, 2.75) is 51.1 Å². The van der Waals surface area contributed by atoms with E-state index in [2.05, 4.69) is 20.5 Å². The van der Waals surface area contributed by atoms with Crippen molar-refractivity contribution in [3.63, 3.8) is 0 Å². The largest absolute Gasteiger partial charge is 0.483 e. The van der Waals surface area contributed by atoms with Gasteiger partial charge in [0, 0.05) is 44.3 Å². The highest BCUT2D eigenvalue weighted by atomic mass is 16.3. The van der Waals surface area contributed by atoms with E-state index in [1.807, 2.05) is 19.1 Å². The molecule has 3 rings (SSSR count). The predicted octanol–water partition coefficient (Wildman–Crippen LogP) is 0.562. The number of aryl methyl sites for hydroxylation is 1. The van der Waals surface area contributed by atoms with Crippen LogP contribution in [-0.2, 0) is 9.59 Å². The molecule has 1 aliphatic carbocycles. The summed E-state index contributed by atoms with van der Waals surface area (Å²) in [6.45, 7) is 3.48. The minimum atomic E-state index is -0.250. The highest BCUT2D eigenvalue weighted by Gasteiger charge is 2.38. The molecule has 1 aromatic rings. The lowest BCUT2D eigenvalue weighted by atomic mass is 10.1. The Hall–Kier alpha value is -2.52. The van der Waals surface area contributed by atoms with E-state index in [1.54, 1.807) is 6.20 Å². The monoisotopic (exact) mass is 420 g/mol. The van der Waals surface area contributed by atoms with E-state index in [1.165, 1.54) is 12.8 Å². The molecule has 1 aromatic heterocycles. The summed E-state index contributed by atoms with van der Waals surface area (Å²) in [5.41, 5.74) is 1.35. The van der Waals surface area contributed by atoms with Crippen molar-refractivity contribution in [3.05, 3.63) is 29.6 Å². The fourth-order valence-electron chi connectivity index (χ4n) is 3.85. The van der Waals surface area contributed by atoms with Crippen molar-refractivity contribution in [3.8, 4) is 0 Å². The van der Waals surface area contributed by atoms with Crippen LogP contribution in [0.15, 0.2) is 18.3 Å². The van der Waals surface area contributed by atoms with Crippen LogP contribution >= 0.6 is 0 Å². The van der Waals surface area contributed by atoms with E-state index < -0.39 is 0 Å². The van der Waals surface area contributed by atoms with E-state index in [4.69, 9.17) is 15.0 Å². The fraction of sp³-hybridized carbons (Fsp3) is 0.619. The smallest absolute Gasteiger partial charge is 0.290 e. The van der Waals surface area contributed by atoms with Crippen molar-refractivity contribution >= 4 is 18.3 Å². The number of pyridine rings is 1. The number of amides is 2. The zero-order valence-corrected chi connectivity index (χ0v) is 17.4. The highest BCUT2D eigenvalue weighted by molar-refractivity contribution is 5.93. The number of hydrogen-bond acceptors (Lipinski definition) is 6. The Balaban J connectivity index is 0.00000101. The second kappa shape index (κ2) is 12.2. The number of likely N-dealkylation sites (tertiary alicyclic amines) is 1. The van der Waals surface area contributed by atoms with Gasteiger partial charge in [0.25, 0.3) is 12.4 Å². The molecule has 2 atom stereocenters. The predicted molar refractivity (Wildman–Crippen MR) is 111 cm³/mol. The first-order valence-electron chi connectivity index (χ1n) is 10.4. The zero-order chi connectivity index (χ0) is 21.9. The second-order valence-electron chi connectivity index (χ2n) is 7.79. The summed E-state index contributed by atoms with van der Waals surface area (Å²) >= 11 is 0. The van der Waals surface area contributed by atoms with Crippen molar-refractivity contribution < 1.29 is 24.6 Å². The summed E-state index contributed by atoms with van der Waals surface area (Å²) in [6, 6.07) is 4.18. The first-order chi connectivity index (χ1) is 14.5. The fourth-order valence-corrected chi connectivity index (χ4v) is 3.85. The maximum Gasteiger partial charge on any atom is 0.290 e. The number of carbonyl (C=O) groups is 3. The highest BCUT2D eigenvalue weighted by Crippen LogP contribution is 2.35. The molecule has 1 aliphatic heterocycles. The average Bonchev–Trinajstić information content (AvgIpc) is 3.47. The van der Waals surface area contributed by atoms with Gasteiger partial charge in [-0.2, -0.15) is 0 Å². The Kier molecular flexibility index (Phi) is 9.69. The Morgan fingerprint density at radius 1 is 1.23 bits per heavy atom. The minimum Gasteiger partial charge on any atom is -0.483 e. The molecule has 0 bridgehead atoms. The normalized spacial score (nSPS) is 20.7. The molecule has 2 fully saturated rings. The maximum absolute atomic E-state index is 12.5. The van der Waals surface area contributed by atoms with Gasteiger partial charge >= 0.3 is 0 Å². The average molecular weight is 421 g/mol. The summed E-state index contributed by atoms with van der Waals surface area (Å²) < 4.78 is 0. The summed E-state index contributed by atoms with van der Waals surface area (Å²) in [7, 11) is 0. The lowest BCUT2D eigenvalue weighted by Gasteiger charge is -2.30. The van der Waals surface area contributed by atoms with Crippen molar-refractivity contribution in [1.29, 1.82) is 0 Å². The number of aliphatic hydroxyl groups is 1. The molecular formula is C21H32N4O5. The number of aromatic nitrogens is 1. The molecule has 1 saturated carbocycles. The van der Waals surface area contributed by atoms with Crippen LogP contribution in [0.25, 0.3) is 0 Å². The third-order valence-electron chi connectivity index (χ3n) is 5.51. The maximum atomic E-state index is 12.5. The van der Waals surface area contributed by atoms with E-state index in [9.17, 15) is 9.59 Å². The van der Waals surface area contributed by atoms with Crippen LogP contribution in [0.4, 0.5) is 0 Å². The molecule has 0 unspecified atom stereocenters. The Labute approximate surface area is 176 Å². The molecule has 4 N–H and O–H groups in total. The lowest BCUT2D eigenvalue weighted by molar-refractivity contribution is -0.123. The SMILES string of the molecule is Cc1cccnc1C(=O)NC[C@@H]1CC[C@H](CC(=O)NCCO)N1CC1CC1.O=CO. The number of rotatable bonds is 9. The second-order valence-corrected chi connectivity index (χ2v) is 7.79.